The van der Waals surface area contributed by atoms with Crippen molar-refractivity contribution >= 4 is 34.4 Å². The van der Waals surface area contributed by atoms with Crippen molar-refractivity contribution in [2.75, 3.05) is 19.6 Å². The predicted octanol–water partition coefficient (Wildman–Crippen LogP) is 2.79. The third-order valence-electron chi connectivity index (χ3n) is 4.29. The first-order chi connectivity index (χ1) is 12.6. The van der Waals surface area contributed by atoms with Crippen LogP contribution in [-0.2, 0) is 0 Å². The Hall–Kier alpha value is -2.10. The summed E-state index contributed by atoms with van der Waals surface area (Å²) < 4.78 is 28.5. The lowest BCUT2D eigenvalue weighted by Crippen LogP contribution is -2.56. The maximum absolute atomic E-state index is 13.2. The Morgan fingerprint density at radius 1 is 1.42 bits per heavy atom. The largest absolute Gasteiger partial charge is 0.325 e. The summed E-state index contributed by atoms with van der Waals surface area (Å²) >= 11 is 7.30. The Morgan fingerprint density at radius 2 is 2.27 bits per heavy atom. The Kier molecular flexibility index (Phi) is 4.60. The molecule has 1 saturated heterocycles. The fourth-order valence-corrected chi connectivity index (χ4v) is 4.13. The first-order valence-corrected chi connectivity index (χ1v) is 9.14. The molecular formula is C16H14ClF2N5OS. The van der Waals surface area contributed by atoms with Gasteiger partial charge < -0.3 is 10.2 Å². The molecule has 3 aromatic heterocycles. The maximum Gasteiger partial charge on any atom is 0.283 e. The summed E-state index contributed by atoms with van der Waals surface area (Å²) in [6.07, 6.45) is 0.789. The van der Waals surface area contributed by atoms with Gasteiger partial charge in [-0.05, 0) is 12.1 Å². The summed E-state index contributed by atoms with van der Waals surface area (Å²) in [4.78, 5) is 18.3. The molecule has 3 aromatic rings. The van der Waals surface area contributed by atoms with Crippen molar-refractivity contribution in [2.45, 2.75) is 12.5 Å². The van der Waals surface area contributed by atoms with Crippen molar-refractivity contribution in [3.05, 3.63) is 39.9 Å². The number of rotatable bonds is 3. The smallest absolute Gasteiger partial charge is 0.283 e. The molecule has 1 amide bonds. The van der Waals surface area contributed by atoms with Gasteiger partial charge in [-0.25, -0.2) is 18.3 Å². The Bertz CT molecular complexity index is 959. The van der Waals surface area contributed by atoms with Crippen LogP contribution < -0.4 is 5.32 Å². The van der Waals surface area contributed by atoms with Crippen LogP contribution in [0, 0.1) is 0 Å². The summed E-state index contributed by atoms with van der Waals surface area (Å²) in [5, 5.41) is 7.22. The monoisotopic (exact) mass is 397 g/mol. The number of hydrogen-bond acceptors (Lipinski definition) is 5. The molecule has 1 atom stereocenters. The zero-order valence-electron chi connectivity index (χ0n) is 13.4. The Labute approximate surface area is 156 Å². The minimum atomic E-state index is -2.62. The molecule has 0 saturated carbocycles. The zero-order valence-corrected chi connectivity index (χ0v) is 15.0. The molecule has 0 bridgehead atoms. The van der Waals surface area contributed by atoms with Crippen LogP contribution in [-0.4, -0.2) is 57.5 Å². The van der Waals surface area contributed by atoms with Gasteiger partial charge in [0.05, 0.1) is 11.7 Å². The molecule has 26 heavy (non-hydrogen) atoms. The topological polar surface area (TPSA) is 62.5 Å². The van der Waals surface area contributed by atoms with Crippen molar-refractivity contribution in [3.8, 4) is 11.3 Å². The Balaban J connectivity index is 1.69. The molecule has 1 aliphatic heterocycles. The van der Waals surface area contributed by atoms with Gasteiger partial charge in [0.25, 0.3) is 12.3 Å². The molecule has 0 aliphatic carbocycles. The van der Waals surface area contributed by atoms with Crippen LogP contribution in [0.1, 0.15) is 9.80 Å². The molecule has 1 unspecified atom stereocenters. The van der Waals surface area contributed by atoms with Crippen LogP contribution in [0.3, 0.4) is 0 Å². The van der Waals surface area contributed by atoms with Gasteiger partial charge in [0, 0.05) is 31.4 Å². The van der Waals surface area contributed by atoms with Gasteiger partial charge in [-0.2, -0.15) is 5.10 Å². The van der Waals surface area contributed by atoms with E-state index in [0.29, 0.717) is 22.1 Å². The van der Waals surface area contributed by atoms with E-state index in [1.165, 1.54) is 4.90 Å². The van der Waals surface area contributed by atoms with E-state index in [0.717, 1.165) is 16.9 Å². The maximum atomic E-state index is 13.2. The fourth-order valence-electron chi connectivity index (χ4n) is 3.00. The number of alkyl halides is 2. The number of fused-ring (bicyclic) bond motifs is 1. The Morgan fingerprint density at radius 3 is 3.08 bits per heavy atom. The number of nitrogens with zero attached hydrogens (tertiary/aromatic N) is 4. The van der Waals surface area contributed by atoms with Gasteiger partial charge in [-0.1, -0.05) is 29.0 Å². The highest BCUT2D eigenvalue weighted by Gasteiger charge is 2.35. The molecule has 0 aromatic carbocycles. The number of nitrogens with one attached hydrogen (secondary N) is 1. The number of piperazine rings is 1. The molecule has 136 valence electrons. The SMILES string of the molecule is O=C(c1nc(-c2cnn3ccccc23)c(Cl)s1)N1CCNCC1C(F)F. The molecule has 1 fully saturated rings. The molecule has 1 aliphatic rings. The summed E-state index contributed by atoms with van der Waals surface area (Å²) in [7, 11) is 0. The summed E-state index contributed by atoms with van der Waals surface area (Å²) in [6.45, 7) is 0.732. The van der Waals surface area contributed by atoms with E-state index in [1.807, 2.05) is 18.2 Å². The van der Waals surface area contributed by atoms with Crippen molar-refractivity contribution in [1.82, 2.24) is 24.8 Å². The first-order valence-electron chi connectivity index (χ1n) is 7.95. The van der Waals surface area contributed by atoms with Crippen LogP contribution in [0.15, 0.2) is 30.6 Å². The van der Waals surface area contributed by atoms with Crippen molar-refractivity contribution in [3.63, 3.8) is 0 Å². The van der Waals surface area contributed by atoms with E-state index in [9.17, 15) is 13.6 Å². The number of thiazole rings is 1. The number of halogens is 3. The second kappa shape index (κ2) is 6.90. The van der Waals surface area contributed by atoms with Crippen LogP contribution in [0.4, 0.5) is 8.78 Å². The van der Waals surface area contributed by atoms with Crippen LogP contribution in [0.2, 0.25) is 4.34 Å². The molecule has 0 radical (unpaired) electrons. The van der Waals surface area contributed by atoms with Gasteiger partial charge in [-0.3, -0.25) is 4.79 Å². The lowest BCUT2D eigenvalue weighted by atomic mass is 10.2. The van der Waals surface area contributed by atoms with E-state index in [-0.39, 0.29) is 18.1 Å². The molecule has 4 heterocycles. The fraction of sp³-hybridized carbons (Fsp3) is 0.312. The van der Waals surface area contributed by atoms with E-state index >= 15 is 0 Å². The average molecular weight is 398 g/mol. The van der Waals surface area contributed by atoms with Crippen molar-refractivity contribution < 1.29 is 13.6 Å². The lowest BCUT2D eigenvalue weighted by molar-refractivity contribution is 0.0126. The highest BCUT2D eigenvalue weighted by molar-refractivity contribution is 7.18. The standard InChI is InChI=1S/C16H14ClF2N5OS/c17-13-12(9-7-21-24-5-2-1-3-10(9)24)22-15(26-13)16(25)23-6-4-20-8-11(23)14(18)19/h1-3,5,7,11,14,20H,4,6,8H2. The van der Waals surface area contributed by atoms with Gasteiger partial charge in [0.15, 0.2) is 5.01 Å². The van der Waals surface area contributed by atoms with Gasteiger partial charge >= 0.3 is 0 Å². The van der Waals surface area contributed by atoms with Gasteiger partial charge in [-0.15, -0.1) is 0 Å². The average Bonchev–Trinajstić information content (AvgIpc) is 3.24. The summed E-state index contributed by atoms with van der Waals surface area (Å²) in [5.74, 6) is -0.522. The molecule has 4 rings (SSSR count). The number of hydrogen-bond donors (Lipinski definition) is 1. The second-order valence-corrected chi connectivity index (χ2v) is 7.44. The van der Waals surface area contributed by atoms with Crippen molar-refractivity contribution in [2.24, 2.45) is 0 Å². The molecular weight excluding hydrogens is 384 g/mol. The van der Waals surface area contributed by atoms with Crippen LogP contribution >= 0.6 is 22.9 Å². The van der Waals surface area contributed by atoms with Gasteiger partial charge in [0.1, 0.15) is 16.1 Å². The summed E-state index contributed by atoms with van der Waals surface area (Å²) in [5.41, 5.74) is 1.92. The molecule has 6 nitrogen and oxygen atoms in total. The zero-order chi connectivity index (χ0) is 18.3. The number of amides is 1. The van der Waals surface area contributed by atoms with Crippen molar-refractivity contribution in [1.29, 1.82) is 0 Å². The minimum Gasteiger partial charge on any atom is -0.325 e. The normalized spacial score (nSPS) is 18.0. The first kappa shape index (κ1) is 17.3. The summed E-state index contributed by atoms with van der Waals surface area (Å²) in [6, 6.07) is 4.40. The molecule has 10 heteroatoms. The third-order valence-corrected chi connectivity index (χ3v) is 5.53. The second-order valence-electron chi connectivity index (χ2n) is 5.83. The quantitative estimate of drug-likeness (QED) is 0.738. The predicted molar refractivity (Wildman–Crippen MR) is 95.0 cm³/mol. The van der Waals surface area contributed by atoms with Gasteiger partial charge in [0.2, 0.25) is 0 Å². The molecule has 1 N–H and O–H groups in total. The number of aromatic nitrogens is 3. The third kappa shape index (κ3) is 2.95. The van der Waals surface area contributed by atoms with E-state index in [1.54, 1.807) is 16.9 Å². The number of carbonyl (C=O) groups is 1. The highest BCUT2D eigenvalue weighted by atomic mass is 35.5. The van der Waals surface area contributed by atoms with E-state index in [4.69, 9.17) is 11.6 Å². The number of pyridine rings is 1. The van der Waals surface area contributed by atoms with E-state index in [2.05, 4.69) is 15.4 Å². The van der Waals surface area contributed by atoms with E-state index < -0.39 is 18.4 Å². The highest BCUT2D eigenvalue weighted by Crippen LogP contribution is 2.35. The van der Waals surface area contributed by atoms with Crippen LogP contribution in [0.5, 0.6) is 0 Å². The number of carbonyl (C=O) groups excluding carboxylic acids is 1. The van der Waals surface area contributed by atoms with Crippen LogP contribution in [0.25, 0.3) is 16.8 Å². The minimum absolute atomic E-state index is 0.0589. The molecule has 0 spiro atoms. The lowest BCUT2D eigenvalue weighted by Gasteiger charge is -2.35.